The molecule has 0 amide bonds. The van der Waals surface area contributed by atoms with Gasteiger partial charge in [0, 0.05) is 12.5 Å². The highest BCUT2D eigenvalue weighted by Crippen LogP contribution is 2.41. The summed E-state index contributed by atoms with van der Waals surface area (Å²) in [6, 6.07) is 0. The van der Waals surface area contributed by atoms with Crippen LogP contribution in [0.2, 0.25) is 0 Å². The second-order valence-corrected chi connectivity index (χ2v) is 4.11. The molecule has 0 unspecified atom stereocenters. The SMILES string of the molecule is CC(=O)[C@@H]1C[C@H](CO)[C@@H](C)[C@H]1C. The monoisotopic (exact) mass is 170 g/mol. The zero-order chi connectivity index (χ0) is 9.30. The second-order valence-electron chi connectivity index (χ2n) is 4.11. The fraction of sp³-hybridized carbons (Fsp3) is 0.900. The first-order valence-corrected chi connectivity index (χ1v) is 4.69. The number of ketones is 1. The molecule has 70 valence electrons. The summed E-state index contributed by atoms with van der Waals surface area (Å²) < 4.78 is 0. The van der Waals surface area contributed by atoms with Crippen LogP contribution in [0.15, 0.2) is 0 Å². The number of Topliss-reactive ketones (excluding diaryl/α,β-unsaturated/α-hetero) is 1. The molecule has 1 saturated carbocycles. The lowest BCUT2D eigenvalue weighted by atomic mass is 9.89. The number of aliphatic hydroxyl groups excluding tert-OH is 1. The van der Waals surface area contributed by atoms with Crippen molar-refractivity contribution in [2.75, 3.05) is 6.61 Å². The van der Waals surface area contributed by atoms with Crippen LogP contribution < -0.4 is 0 Å². The van der Waals surface area contributed by atoms with Crippen LogP contribution in [0, 0.1) is 23.7 Å². The van der Waals surface area contributed by atoms with Gasteiger partial charge in [0.2, 0.25) is 0 Å². The van der Waals surface area contributed by atoms with Gasteiger partial charge >= 0.3 is 0 Å². The lowest BCUT2D eigenvalue weighted by Gasteiger charge is -2.16. The third-order valence-corrected chi connectivity index (χ3v) is 3.52. The highest BCUT2D eigenvalue weighted by atomic mass is 16.3. The van der Waals surface area contributed by atoms with Crippen molar-refractivity contribution in [3.63, 3.8) is 0 Å². The van der Waals surface area contributed by atoms with Crippen molar-refractivity contribution in [1.29, 1.82) is 0 Å². The molecule has 1 rings (SSSR count). The van der Waals surface area contributed by atoms with Crippen molar-refractivity contribution in [3.8, 4) is 0 Å². The van der Waals surface area contributed by atoms with E-state index in [0.717, 1.165) is 6.42 Å². The molecule has 1 fully saturated rings. The van der Waals surface area contributed by atoms with E-state index in [0.29, 0.717) is 17.8 Å². The molecule has 0 heterocycles. The van der Waals surface area contributed by atoms with Gasteiger partial charge in [-0.1, -0.05) is 13.8 Å². The predicted molar refractivity (Wildman–Crippen MR) is 47.7 cm³/mol. The maximum Gasteiger partial charge on any atom is 0.133 e. The molecule has 4 atom stereocenters. The molecule has 0 saturated heterocycles. The van der Waals surface area contributed by atoms with E-state index < -0.39 is 0 Å². The quantitative estimate of drug-likeness (QED) is 0.681. The van der Waals surface area contributed by atoms with Crippen molar-refractivity contribution in [3.05, 3.63) is 0 Å². The van der Waals surface area contributed by atoms with Gasteiger partial charge in [0.15, 0.2) is 0 Å². The lowest BCUT2D eigenvalue weighted by molar-refractivity contribution is -0.121. The van der Waals surface area contributed by atoms with Gasteiger partial charge in [-0.15, -0.1) is 0 Å². The van der Waals surface area contributed by atoms with Crippen LogP contribution in [-0.4, -0.2) is 17.5 Å². The van der Waals surface area contributed by atoms with Crippen molar-refractivity contribution in [1.82, 2.24) is 0 Å². The van der Waals surface area contributed by atoms with Crippen LogP contribution in [0.25, 0.3) is 0 Å². The minimum atomic E-state index is 0.192. The van der Waals surface area contributed by atoms with Crippen molar-refractivity contribution < 1.29 is 9.90 Å². The second kappa shape index (κ2) is 3.56. The van der Waals surface area contributed by atoms with E-state index in [1.807, 2.05) is 0 Å². The van der Waals surface area contributed by atoms with Crippen LogP contribution in [0.3, 0.4) is 0 Å². The Balaban J connectivity index is 2.66. The number of hydrogen-bond donors (Lipinski definition) is 1. The Morgan fingerprint density at radius 2 is 2.00 bits per heavy atom. The summed E-state index contributed by atoms with van der Waals surface area (Å²) in [4.78, 5) is 11.2. The molecule has 0 aromatic carbocycles. The Hall–Kier alpha value is -0.370. The van der Waals surface area contributed by atoms with Crippen molar-refractivity contribution >= 4 is 5.78 Å². The Morgan fingerprint density at radius 3 is 2.25 bits per heavy atom. The molecule has 0 aliphatic heterocycles. The number of hydrogen-bond acceptors (Lipinski definition) is 2. The number of aliphatic hydroxyl groups is 1. The summed E-state index contributed by atoms with van der Waals surface area (Å²) in [5, 5.41) is 9.04. The van der Waals surface area contributed by atoms with Crippen LogP contribution in [-0.2, 0) is 4.79 Å². The first-order valence-electron chi connectivity index (χ1n) is 4.69. The number of carbonyl (C=O) groups excluding carboxylic acids is 1. The van der Waals surface area contributed by atoms with Gasteiger partial charge in [0.25, 0.3) is 0 Å². The average Bonchev–Trinajstić information content (AvgIpc) is 2.30. The number of rotatable bonds is 2. The third kappa shape index (κ3) is 1.53. The molecule has 2 heteroatoms. The maximum absolute atomic E-state index is 11.2. The Kier molecular flexibility index (Phi) is 2.89. The van der Waals surface area contributed by atoms with Gasteiger partial charge in [0.1, 0.15) is 5.78 Å². The van der Waals surface area contributed by atoms with Crippen LogP contribution in [0.4, 0.5) is 0 Å². The van der Waals surface area contributed by atoms with Gasteiger partial charge in [-0.25, -0.2) is 0 Å². The van der Waals surface area contributed by atoms with E-state index >= 15 is 0 Å². The minimum Gasteiger partial charge on any atom is -0.396 e. The lowest BCUT2D eigenvalue weighted by Crippen LogP contribution is -2.16. The molecule has 12 heavy (non-hydrogen) atoms. The molecule has 0 aromatic heterocycles. The average molecular weight is 170 g/mol. The van der Waals surface area contributed by atoms with E-state index in [1.165, 1.54) is 0 Å². The molecule has 0 aromatic rings. The van der Waals surface area contributed by atoms with E-state index in [9.17, 15) is 4.79 Å². The van der Waals surface area contributed by atoms with E-state index in [-0.39, 0.29) is 18.3 Å². The van der Waals surface area contributed by atoms with Gasteiger partial charge < -0.3 is 5.11 Å². The molecule has 0 spiro atoms. The summed E-state index contributed by atoms with van der Waals surface area (Å²) in [7, 11) is 0. The highest BCUT2D eigenvalue weighted by Gasteiger charge is 2.39. The Labute approximate surface area is 74.0 Å². The largest absolute Gasteiger partial charge is 0.396 e. The minimum absolute atomic E-state index is 0.192. The fourth-order valence-corrected chi connectivity index (χ4v) is 2.33. The fourth-order valence-electron chi connectivity index (χ4n) is 2.33. The van der Waals surface area contributed by atoms with Crippen LogP contribution >= 0.6 is 0 Å². The standard InChI is InChI=1S/C10H18O2/c1-6-7(2)10(8(3)12)4-9(6)5-11/h6-7,9-11H,4-5H2,1-3H3/t6-,7+,9+,10+/m0/s1. The Morgan fingerprint density at radius 1 is 1.42 bits per heavy atom. The Bertz CT molecular complexity index is 177. The molecule has 0 radical (unpaired) electrons. The van der Waals surface area contributed by atoms with E-state index in [1.54, 1.807) is 6.92 Å². The van der Waals surface area contributed by atoms with Gasteiger partial charge in [-0.2, -0.15) is 0 Å². The van der Waals surface area contributed by atoms with Crippen molar-refractivity contribution in [2.24, 2.45) is 23.7 Å². The zero-order valence-corrected chi connectivity index (χ0v) is 8.08. The third-order valence-electron chi connectivity index (χ3n) is 3.52. The highest BCUT2D eigenvalue weighted by molar-refractivity contribution is 5.78. The molecule has 0 bridgehead atoms. The first kappa shape index (κ1) is 9.72. The predicted octanol–water partition coefficient (Wildman–Crippen LogP) is 1.48. The molecule has 2 nitrogen and oxygen atoms in total. The zero-order valence-electron chi connectivity index (χ0n) is 8.08. The van der Waals surface area contributed by atoms with Crippen LogP contribution in [0.5, 0.6) is 0 Å². The molecule has 1 aliphatic rings. The summed E-state index contributed by atoms with van der Waals surface area (Å²) in [5.41, 5.74) is 0. The van der Waals surface area contributed by atoms with Gasteiger partial charge in [-0.05, 0) is 31.1 Å². The summed E-state index contributed by atoms with van der Waals surface area (Å²) >= 11 is 0. The molecular formula is C10H18O2. The van der Waals surface area contributed by atoms with E-state index in [4.69, 9.17) is 5.11 Å². The van der Waals surface area contributed by atoms with Crippen molar-refractivity contribution in [2.45, 2.75) is 27.2 Å². The van der Waals surface area contributed by atoms with Crippen LogP contribution in [0.1, 0.15) is 27.2 Å². The summed E-state index contributed by atoms with van der Waals surface area (Å²) in [6.45, 7) is 6.14. The van der Waals surface area contributed by atoms with E-state index in [2.05, 4.69) is 13.8 Å². The summed E-state index contributed by atoms with van der Waals surface area (Å²) in [5.74, 6) is 1.75. The molecule has 1 aliphatic carbocycles. The maximum atomic E-state index is 11.2. The smallest absolute Gasteiger partial charge is 0.133 e. The first-order chi connectivity index (χ1) is 5.57. The molecule has 1 N–H and O–H groups in total. The number of carbonyl (C=O) groups is 1. The summed E-state index contributed by atoms with van der Waals surface area (Å²) in [6.07, 6.45) is 0.883. The van der Waals surface area contributed by atoms with Gasteiger partial charge in [0.05, 0.1) is 0 Å². The van der Waals surface area contributed by atoms with Gasteiger partial charge in [-0.3, -0.25) is 4.79 Å². The topological polar surface area (TPSA) is 37.3 Å². The molecular weight excluding hydrogens is 152 g/mol. The normalized spacial score (nSPS) is 41.7.